The zero-order valence-corrected chi connectivity index (χ0v) is 11.2. The number of carboxylic acids is 1. The molecule has 0 radical (unpaired) electrons. The van der Waals surface area contributed by atoms with Crippen molar-refractivity contribution in [3.05, 3.63) is 0 Å². The molecule has 0 heterocycles. The molecule has 3 N–H and O–H groups in total. The Balaban J connectivity index is 3.95. The van der Waals surface area contributed by atoms with E-state index in [1.165, 1.54) is 0 Å². The summed E-state index contributed by atoms with van der Waals surface area (Å²) in [5, 5.41) is 14.0. The third-order valence-electron chi connectivity index (χ3n) is 2.34. The number of urea groups is 1. The summed E-state index contributed by atoms with van der Waals surface area (Å²) in [4.78, 5) is 22.2. The Bertz CT molecular complexity index is 259. The van der Waals surface area contributed by atoms with Crippen LogP contribution in [0, 0.1) is 5.41 Å². The predicted molar refractivity (Wildman–Crippen MR) is 66.9 cm³/mol. The molecule has 0 fully saturated rings. The van der Waals surface area contributed by atoms with Crippen molar-refractivity contribution in [2.45, 2.75) is 53.0 Å². The number of amides is 2. The van der Waals surface area contributed by atoms with E-state index >= 15 is 0 Å². The average Bonchev–Trinajstić information content (AvgIpc) is 2.14. The highest BCUT2D eigenvalue weighted by atomic mass is 16.4. The molecule has 0 bridgehead atoms. The summed E-state index contributed by atoms with van der Waals surface area (Å²) in [5.41, 5.74) is 0.156. The lowest BCUT2D eigenvalue weighted by molar-refractivity contribution is -0.139. The Labute approximate surface area is 103 Å². The average molecular weight is 244 g/mol. The quantitative estimate of drug-likeness (QED) is 0.668. The normalized spacial score (nSPS) is 12.9. The van der Waals surface area contributed by atoms with Gasteiger partial charge in [0.25, 0.3) is 0 Å². The minimum absolute atomic E-state index is 0.156. The second-order valence-corrected chi connectivity index (χ2v) is 5.39. The molecule has 0 spiro atoms. The molecular weight excluding hydrogens is 220 g/mol. The molecule has 5 nitrogen and oxygen atoms in total. The van der Waals surface area contributed by atoms with Gasteiger partial charge < -0.3 is 15.7 Å². The summed E-state index contributed by atoms with van der Waals surface area (Å²) < 4.78 is 0. The van der Waals surface area contributed by atoms with E-state index < -0.39 is 18.0 Å². The summed E-state index contributed by atoms with van der Waals surface area (Å²) in [6, 6.07) is -1.20. The molecule has 0 aliphatic heterocycles. The molecule has 0 aromatic rings. The fraction of sp³-hybridized carbons (Fsp3) is 0.833. The van der Waals surface area contributed by atoms with Crippen LogP contribution in [0.15, 0.2) is 0 Å². The highest BCUT2D eigenvalue weighted by Crippen LogP contribution is 2.16. The topological polar surface area (TPSA) is 78.4 Å². The van der Waals surface area contributed by atoms with E-state index in [9.17, 15) is 9.59 Å². The van der Waals surface area contributed by atoms with Crippen LogP contribution in [0.4, 0.5) is 4.79 Å². The molecule has 0 aliphatic rings. The Morgan fingerprint density at radius 1 is 1.29 bits per heavy atom. The lowest BCUT2D eigenvalue weighted by Gasteiger charge is -2.19. The molecule has 0 rings (SSSR count). The molecule has 5 heteroatoms. The molecule has 17 heavy (non-hydrogen) atoms. The first-order valence-corrected chi connectivity index (χ1v) is 6.03. The van der Waals surface area contributed by atoms with E-state index in [2.05, 4.69) is 31.4 Å². The van der Waals surface area contributed by atoms with Gasteiger partial charge in [-0.15, -0.1) is 0 Å². The lowest BCUT2D eigenvalue weighted by atomic mass is 9.92. The van der Waals surface area contributed by atoms with Crippen molar-refractivity contribution in [2.75, 3.05) is 6.54 Å². The van der Waals surface area contributed by atoms with Gasteiger partial charge in [-0.1, -0.05) is 34.1 Å². The molecule has 100 valence electrons. The van der Waals surface area contributed by atoms with E-state index in [0.717, 1.165) is 12.8 Å². The second-order valence-electron chi connectivity index (χ2n) is 5.39. The van der Waals surface area contributed by atoms with Crippen molar-refractivity contribution >= 4 is 12.0 Å². The maximum Gasteiger partial charge on any atom is 0.326 e. The monoisotopic (exact) mass is 244 g/mol. The number of nitrogens with one attached hydrogen (secondary N) is 2. The van der Waals surface area contributed by atoms with E-state index in [-0.39, 0.29) is 5.41 Å². The van der Waals surface area contributed by atoms with Crippen molar-refractivity contribution in [2.24, 2.45) is 5.41 Å². The van der Waals surface area contributed by atoms with Gasteiger partial charge in [0.2, 0.25) is 0 Å². The molecule has 0 saturated heterocycles. The first-order chi connectivity index (χ1) is 7.76. The first-order valence-electron chi connectivity index (χ1n) is 6.03. The smallest absolute Gasteiger partial charge is 0.326 e. The third kappa shape index (κ3) is 8.54. The molecule has 0 unspecified atom stereocenters. The van der Waals surface area contributed by atoms with Gasteiger partial charge in [-0.25, -0.2) is 9.59 Å². The van der Waals surface area contributed by atoms with Gasteiger partial charge in [-0.2, -0.15) is 0 Å². The summed E-state index contributed by atoms with van der Waals surface area (Å²) >= 11 is 0. The fourth-order valence-electron chi connectivity index (χ4n) is 1.31. The van der Waals surface area contributed by atoms with Gasteiger partial charge in [-0.05, 0) is 18.3 Å². The zero-order chi connectivity index (χ0) is 13.5. The van der Waals surface area contributed by atoms with Crippen LogP contribution in [0.2, 0.25) is 0 Å². The van der Waals surface area contributed by atoms with Crippen molar-refractivity contribution < 1.29 is 14.7 Å². The van der Waals surface area contributed by atoms with E-state index in [0.29, 0.717) is 13.0 Å². The number of hydrogen-bond acceptors (Lipinski definition) is 2. The van der Waals surface area contributed by atoms with Crippen molar-refractivity contribution in [3.8, 4) is 0 Å². The van der Waals surface area contributed by atoms with Gasteiger partial charge >= 0.3 is 12.0 Å². The molecule has 0 aromatic heterocycles. The van der Waals surface area contributed by atoms with Crippen LogP contribution >= 0.6 is 0 Å². The number of hydrogen-bond donors (Lipinski definition) is 3. The van der Waals surface area contributed by atoms with Crippen molar-refractivity contribution in [3.63, 3.8) is 0 Å². The van der Waals surface area contributed by atoms with Crippen molar-refractivity contribution in [1.82, 2.24) is 10.6 Å². The molecule has 0 aromatic carbocycles. The van der Waals surface area contributed by atoms with Crippen LogP contribution in [-0.2, 0) is 4.79 Å². The standard InChI is InChI=1S/C12H24N2O3/c1-5-6-9(10(15)16)14-11(17)13-8-7-12(2,3)4/h9H,5-8H2,1-4H3,(H,15,16)(H2,13,14,17)/t9-/m0/s1. The number of rotatable bonds is 6. The largest absolute Gasteiger partial charge is 0.480 e. The number of carboxylic acid groups (broad SMARTS) is 1. The molecule has 1 atom stereocenters. The summed E-state index contributed by atoms with van der Waals surface area (Å²) in [6.45, 7) is 8.69. The lowest BCUT2D eigenvalue weighted by Crippen LogP contribution is -2.46. The van der Waals surface area contributed by atoms with Crippen LogP contribution in [0.3, 0.4) is 0 Å². The third-order valence-corrected chi connectivity index (χ3v) is 2.34. The Morgan fingerprint density at radius 3 is 2.29 bits per heavy atom. The zero-order valence-electron chi connectivity index (χ0n) is 11.2. The predicted octanol–water partition coefficient (Wildman–Crippen LogP) is 1.98. The summed E-state index contributed by atoms with van der Waals surface area (Å²) in [7, 11) is 0. The Kier molecular flexibility index (Phi) is 6.61. The van der Waals surface area contributed by atoms with Gasteiger partial charge in [0.1, 0.15) is 6.04 Å². The molecule has 2 amide bonds. The summed E-state index contributed by atoms with van der Waals surface area (Å²) in [6.07, 6.45) is 2.02. The van der Waals surface area contributed by atoms with Crippen LogP contribution in [0.25, 0.3) is 0 Å². The maximum atomic E-state index is 11.4. The number of aliphatic carboxylic acids is 1. The highest BCUT2D eigenvalue weighted by Gasteiger charge is 2.18. The molecular formula is C12H24N2O3. The number of carbonyl (C=O) groups is 2. The van der Waals surface area contributed by atoms with Crippen LogP contribution in [0.5, 0.6) is 0 Å². The SMILES string of the molecule is CCC[C@H](NC(=O)NCCC(C)(C)C)C(=O)O. The summed E-state index contributed by atoms with van der Waals surface area (Å²) in [5.74, 6) is -0.988. The van der Waals surface area contributed by atoms with E-state index in [1.54, 1.807) is 0 Å². The fourth-order valence-corrected chi connectivity index (χ4v) is 1.31. The van der Waals surface area contributed by atoms with Crippen LogP contribution < -0.4 is 10.6 Å². The molecule has 0 saturated carbocycles. The van der Waals surface area contributed by atoms with Gasteiger partial charge in [-0.3, -0.25) is 0 Å². The maximum absolute atomic E-state index is 11.4. The highest BCUT2D eigenvalue weighted by molar-refractivity contribution is 5.82. The number of carbonyl (C=O) groups excluding carboxylic acids is 1. The van der Waals surface area contributed by atoms with Crippen molar-refractivity contribution in [1.29, 1.82) is 0 Å². The van der Waals surface area contributed by atoms with Crippen LogP contribution in [-0.4, -0.2) is 29.7 Å². The Hall–Kier alpha value is -1.26. The minimum Gasteiger partial charge on any atom is -0.480 e. The second kappa shape index (κ2) is 7.14. The van der Waals surface area contributed by atoms with E-state index in [1.807, 2.05) is 6.92 Å². The minimum atomic E-state index is -0.988. The Morgan fingerprint density at radius 2 is 1.88 bits per heavy atom. The van der Waals surface area contributed by atoms with Gasteiger partial charge in [0.15, 0.2) is 0 Å². The molecule has 0 aliphatic carbocycles. The van der Waals surface area contributed by atoms with E-state index in [4.69, 9.17) is 5.11 Å². The first kappa shape index (κ1) is 15.7. The van der Waals surface area contributed by atoms with Crippen LogP contribution in [0.1, 0.15) is 47.0 Å². The van der Waals surface area contributed by atoms with Gasteiger partial charge in [0, 0.05) is 6.54 Å². The van der Waals surface area contributed by atoms with Gasteiger partial charge in [0.05, 0.1) is 0 Å².